The molecule has 176 valence electrons. The molecular formula is C24H30F2O6. The van der Waals surface area contributed by atoms with Gasteiger partial charge in [0.1, 0.15) is 6.17 Å². The summed E-state index contributed by atoms with van der Waals surface area (Å²) < 4.78 is 38.1. The van der Waals surface area contributed by atoms with Crippen molar-refractivity contribution < 1.29 is 38.1 Å². The number of halogens is 2. The quantitative estimate of drug-likeness (QED) is 0.637. The molecule has 3 saturated carbocycles. The van der Waals surface area contributed by atoms with Gasteiger partial charge in [-0.15, -0.1) is 0 Å². The minimum absolute atomic E-state index is 0.0133. The molecule has 0 aliphatic heterocycles. The molecule has 6 nitrogen and oxygen atoms in total. The number of carbonyl (C=O) groups is 3. The lowest BCUT2D eigenvalue weighted by atomic mass is 9.44. The third-order valence-corrected chi connectivity index (χ3v) is 9.05. The Hall–Kier alpha value is -2.09. The van der Waals surface area contributed by atoms with Gasteiger partial charge in [-0.25, -0.2) is 13.6 Å². The molecule has 0 aromatic carbocycles. The molecule has 0 saturated heterocycles. The SMILES string of the molecule is CCC(=O)O[C@@]1(C(=O)O)[C@H](C)C[C@H]2[C@@H]3C[C@H](F)C4=CC(=O)C=C[C@@]4(C)[C@]3(F)[C@@H](O)C[C@]21C. The molecule has 0 unspecified atom stereocenters. The van der Waals surface area contributed by atoms with Gasteiger partial charge in [-0.05, 0) is 49.8 Å². The van der Waals surface area contributed by atoms with Gasteiger partial charge in [-0.3, -0.25) is 9.59 Å². The normalized spacial score (nSPS) is 49.5. The molecule has 0 radical (unpaired) electrons. The van der Waals surface area contributed by atoms with Crippen LogP contribution in [0, 0.1) is 28.6 Å². The van der Waals surface area contributed by atoms with Crippen LogP contribution in [0.2, 0.25) is 0 Å². The monoisotopic (exact) mass is 452 g/mol. The fraction of sp³-hybridized carbons (Fsp3) is 0.708. The molecule has 3 fully saturated rings. The maximum Gasteiger partial charge on any atom is 0.349 e. The van der Waals surface area contributed by atoms with Gasteiger partial charge < -0.3 is 14.9 Å². The predicted octanol–water partition coefficient (Wildman–Crippen LogP) is 3.33. The van der Waals surface area contributed by atoms with Crippen molar-refractivity contribution in [1.29, 1.82) is 0 Å². The minimum Gasteiger partial charge on any atom is -0.478 e. The van der Waals surface area contributed by atoms with Gasteiger partial charge in [0.15, 0.2) is 11.5 Å². The molecule has 0 amide bonds. The molecule has 0 heterocycles. The van der Waals surface area contributed by atoms with Crippen molar-refractivity contribution in [3.05, 3.63) is 23.8 Å². The van der Waals surface area contributed by atoms with Gasteiger partial charge >= 0.3 is 11.9 Å². The van der Waals surface area contributed by atoms with Crippen LogP contribution in [0.3, 0.4) is 0 Å². The second-order valence-electron chi connectivity index (χ2n) is 10.4. The molecule has 8 heteroatoms. The number of carboxylic acid groups (broad SMARTS) is 1. The maximum atomic E-state index is 17.1. The van der Waals surface area contributed by atoms with E-state index in [1.807, 2.05) is 0 Å². The average molecular weight is 452 g/mol. The summed E-state index contributed by atoms with van der Waals surface area (Å²) in [7, 11) is 0. The molecule has 0 spiro atoms. The first-order valence-electron chi connectivity index (χ1n) is 11.2. The lowest BCUT2D eigenvalue weighted by molar-refractivity contribution is -0.237. The zero-order chi connectivity index (χ0) is 23.9. The Morgan fingerprint density at radius 2 is 1.91 bits per heavy atom. The Labute approximate surface area is 185 Å². The summed E-state index contributed by atoms with van der Waals surface area (Å²) in [5.41, 5.74) is -7.07. The molecule has 4 aliphatic rings. The molecule has 0 aromatic rings. The number of esters is 1. The Morgan fingerprint density at radius 3 is 2.50 bits per heavy atom. The summed E-state index contributed by atoms with van der Waals surface area (Å²) in [5, 5.41) is 21.5. The molecule has 2 N–H and O–H groups in total. The number of alkyl halides is 2. The number of fused-ring (bicyclic) bond motifs is 5. The smallest absolute Gasteiger partial charge is 0.349 e. The van der Waals surface area contributed by atoms with Crippen LogP contribution in [-0.2, 0) is 19.1 Å². The highest BCUT2D eigenvalue weighted by molar-refractivity contribution is 6.01. The van der Waals surface area contributed by atoms with Crippen molar-refractivity contribution in [2.24, 2.45) is 28.6 Å². The molecule has 4 rings (SSSR count). The highest BCUT2D eigenvalue weighted by atomic mass is 19.1. The van der Waals surface area contributed by atoms with E-state index in [2.05, 4.69) is 0 Å². The van der Waals surface area contributed by atoms with E-state index in [1.54, 1.807) is 20.8 Å². The first kappa shape index (κ1) is 23.1. The number of aliphatic hydroxyl groups is 1. The van der Waals surface area contributed by atoms with Crippen LogP contribution in [-0.4, -0.2) is 51.5 Å². The lowest BCUT2D eigenvalue weighted by Gasteiger charge is -2.62. The van der Waals surface area contributed by atoms with Crippen LogP contribution < -0.4 is 0 Å². The van der Waals surface area contributed by atoms with Gasteiger partial charge in [0.25, 0.3) is 0 Å². The third kappa shape index (κ3) is 2.50. The molecular weight excluding hydrogens is 422 g/mol. The van der Waals surface area contributed by atoms with E-state index in [4.69, 9.17) is 4.74 Å². The zero-order valence-corrected chi connectivity index (χ0v) is 18.7. The standard InChI is InChI=1S/C24H30F2O6/c1-5-19(29)32-24(20(30)31)12(2)8-14-15-10-17(25)16-9-13(27)6-7-21(16,3)23(15,26)18(28)11-22(14,24)4/h6-7,9,12,14-15,17-18,28H,5,8,10-11H2,1-4H3,(H,30,31)/t12-,14+,15+,17+,18+,21-,22-,23-,24-/m1/s1. The van der Waals surface area contributed by atoms with Crippen LogP contribution in [0.5, 0.6) is 0 Å². The van der Waals surface area contributed by atoms with Crippen molar-refractivity contribution in [3.63, 3.8) is 0 Å². The zero-order valence-electron chi connectivity index (χ0n) is 18.7. The number of rotatable bonds is 3. The van der Waals surface area contributed by atoms with Crippen LogP contribution in [0.4, 0.5) is 8.78 Å². The van der Waals surface area contributed by atoms with Crippen LogP contribution in [0.1, 0.15) is 53.4 Å². The van der Waals surface area contributed by atoms with Gasteiger partial charge in [-0.1, -0.05) is 26.8 Å². The molecule has 0 aromatic heterocycles. The third-order valence-electron chi connectivity index (χ3n) is 9.05. The second kappa shape index (κ2) is 6.95. The summed E-state index contributed by atoms with van der Waals surface area (Å²) in [6.07, 6.45) is 0.0529. The van der Waals surface area contributed by atoms with Crippen molar-refractivity contribution >= 4 is 17.7 Å². The topological polar surface area (TPSA) is 101 Å². The Balaban J connectivity index is 1.87. The number of ketones is 1. The van der Waals surface area contributed by atoms with Gasteiger partial charge in [0.05, 0.1) is 6.10 Å². The number of aliphatic carboxylic acids is 1. The van der Waals surface area contributed by atoms with E-state index in [-0.39, 0.29) is 31.3 Å². The van der Waals surface area contributed by atoms with E-state index in [0.29, 0.717) is 0 Å². The van der Waals surface area contributed by atoms with E-state index in [0.717, 1.165) is 6.08 Å². The van der Waals surface area contributed by atoms with Gasteiger partial charge in [-0.2, -0.15) is 0 Å². The summed E-state index contributed by atoms with van der Waals surface area (Å²) in [6.45, 7) is 6.31. The van der Waals surface area contributed by atoms with Crippen LogP contribution >= 0.6 is 0 Å². The molecule has 32 heavy (non-hydrogen) atoms. The summed E-state index contributed by atoms with van der Waals surface area (Å²) in [5.74, 6) is -4.78. The van der Waals surface area contributed by atoms with Gasteiger partial charge in [0.2, 0.25) is 5.60 Å². The van der Waals surface area contributed by atoms with Crippen molar-refractivity contribution in [1.82, 2.24) is 0 Å². The largest absolute Gasteiger partial charge is 0.478 e. The maximum absolute atomic E-state index is 17.1. The van der Waals surface area contributed by atoms with E-state index in [9.17, 15) is 24.6 Å². The number of allylic oxidation sites excluding steroid dienone is 4. The Bertz CT molecular complexity index is 945. The predicted molar refractivity (Wildman–Crippen MR) is 110 cm³/mol. The summed E-state index contributed by atoms with van der Waals surface area (Å²) in [4.78, 5) is 36.7. The molecule has 4 aliphatic carbocycles. The van der Waals surface area contributed by atoms with Crippen molar-refractivity contribution in [2.75, 3.05) is 0 Å². The summed E-state index contributed by atoms with van der Waals surface area (Å²) in [6, 6.07) is 0. The number of carbonyl (C=O) groups excluding carboxylic acids is 2. The molecule has 0 bridgehead atoms. The number of aliphatic hydroxyl groups excluding tert-OH is 1. The minimum atomic E-state index is -2.30. The first-order chi connectivity index (χ1) is 14.8. The average Bonchev–Trinajstić information content (AvgIpc) is 2.93. The van der Waals surface area contributed by atoms with Crippen molar-refractivity contribution in [3.8, 4) is 0 Å². The highest BCUT2D eigenvalue weighted by Crippen LogP contribution is 2.71. The Kier molecular flexibility index (Phi) is 5.02. The van der Waals surface area contributed by atoms with E-state index >= 15 is 8.78 Å². The first-order valence-corrected chi connectivity index (χ1v) is 11.2. The number of hydrogen-bond donors (Lipinski definition) is 2. The highest BCUT2D eigenvalue weighted by Gasteiger charge is 2.78. The lowest BCUT2D eigenvalue weighted by Crippen LogP contribution is -2.71. The fourth-order valence-electron chi connectivity index (χ4n) is 7.49. The Morgan fingerprint density at radius 1 is 1.25 bits per heavy atom. The van der Waals surface area contributed by atoms with Crippen LogP contribution in [0.25, 0.3) is 0 Å². The fourth-order valence-corrected chi connectivity index (χ4v) is 7.49. The van der Waals surface area contributed by atoms with Crippen molar-refractivity contribution in [2.45, 2.75) is 76.9 Å². The summed E-state index contributed by atoms with van der Waals surface area (Å²) >= 11 is 0. The van der Waals surface area contributed by atoms with E-state index in [1.165, 1.54) is 19.1 Å². The number of carboxylic acids is 1. The molecule has 9 atom stereocenters. The van der Waals surface area contributed by atoms with Crippen LogP contribution in [0.15, 0.2) is 23.8 Å². The number of hydrogen-bond acceptors (Lipinski definition) is 5. The second-order valence-corrected chi connectivity index (χ2v) is 10.4. The van der Waals surface area contributed by atoms with Gasteiger partial charge in [0, 0.05) is 29.1 Å². The van der Waals surface area contributed by atoms with E-state index < -0.39 is 69.9 Å². The number of ether oxygens (including phenoxy) is 1.